The molecule has 0 amide bonds. The summed E-state index contributed by atoms with van der Waals surface area (Å²) in [7, 11) is 0. The van der Waals surface area contributed by atoms with Crippen LogP contribution in [0.1, 0.15) is 57.1 Å². The van der Waals surface area contributed by atoms with E-state index in [1.165, 1.54) is 54.4 Å². The van der Waals surface area contributed by atoms with Crippen molar-refractivity contribution in [2.75, 3.05) is 49.5 Å². The van der Waals surface area contributed by atoms with E-state index in [4.69, 9.17) is 9.97 Å². The second-order valence-corrected chi connectivity index (χ2v) is 9.78. The highest BCUT2D eigenvalue weighted by molar-refractivity contribution is 7.26. The second kappa shape index (κ2) is 9.25. The molecule has 0 spiro atoms. The average molecular weight is 439 g/mol. The molecule has 0 saturated carbocycles. The minimum absolute atomic E-state index is 0.895. The first-order valence-electron chi connectivity index (χ1n) is 12.1. The summed E-state index contributed by atoms with van der Waals surface area (Å²) in [6.07, 6.45) is 10.5. The van der Waals surface area contributed by atoms with E-state index in [-0.39, 0.29) is 0 Å². The van der Waals surface area contributed by atoms with Gasteiger partial charge in [-0.25, -0.2) is 15.0 Å². The third-order valence-electron chi connectivity index (χ3n) is 6.97. The minimum Gasteiger partial charge on any atom is -0.367 e. The van der Waals surface area contributed by atoms with Crippen LogP contribution in [-0.4, -0.2) is 59.1 Å². The lowest BCUT2D eigenvalue weighted by molar-refractivity contribution is 0.316. The summed E-state index contributed by atoms with van der Waals surface area (Å²) in [6, 6.07) is 0. The topological polar surface area (TPSA) is 57.2 Å². The maximum atomic E-state index is 5.27. The molecule has 3 aromatic rings. The quantitative estimate of drug-likeness (QED) is 0.568. The van der Waals surface area contributed by atoms with Crippen molar-refractivity contribution >= 4 is 43.4 Å². The van der Waals surface area contributed by atoms with Gasteiger partial charge in [0.05, 0.1) is 10.2 Å². The fourth-order valence-corrected chi connectivity index (χ4v) is 6.33. The third kappa shape index (κ3) is 3.98. The van der Waals surface area contributed by atoms with E-state index in [1.807, 2.05) is 0 Å². The molecule has 0 aromatic carbocycles. The predicted molar refractivity (Wildman–Crippen MR) is 132 cm³/mol. The van der Waals surface area contributed by atoms with Crippen LogP contribution >= 0.6 is 11.3 Å². The number of pyridine rings is 1. The van der Waals surface area contributed by atoms with E-state index in [2.05, 4.69) is 33.9 Å². The molecule has 4 heterocycles. The van der Waals surface area contributed by atoms with Crippen LogP contribution in [0.2, 0.25) is 0 Å². The molecule has 1 saturated heterocycles. The van der Waals surface area contributed by atoms with Crippen molar-refractivity contribution in [2.24, 2.45) is 0 Å². The summed E-state index contributed by atoms with van der Waals surface area (Å²) < 4.78 is 1.16. The van der Waals surface area contributed by atoms with Crippen LogP contribution in [0.3, 0.4) is 0 Å². The summed E-state index contributed by atoms with van der Waals surface area (Å²) in [5.41, 5.74) is 4.10. The molecule has 1 aliphatic heterocycles. The van der Waals surface area contributed by atoms with Gasteiger partial charge in [-0.15, -0.1) is 11.3 Å². The fourth-order valence-electron chi connectivity index (χ4n) is 5.21. The summed E-state index contributed by atoms with van der Waals surface area (Å²) >= 11 is 1.77. The molecule has 6 nitrogen and oxygen atoms in total. The van der Waals surface area contributed by atoms with Gasteiger partial charge in [0, 0.05) is 31.6 Å². The van der Waals surface area contributed by atoms with Gasteiger partial charge in [-0.3, -0.25) is 0 Å². The lowest BCUT2D eigenvalue weighted by atomic mass is 9.89. The number of hydrogen-bond acceptors (Lipinski definition) is 7. The Labute approximate surface area is 189 Å². The Hall–Kier alpha value is -1.99. The van der Waals surface area contributed by atoms with Gasteiger partial charge in [-0.1, -0.05) is 13.8 Å². The molecular weight excluding hydrogens is 404 g/mol. The zero-order chi connectivity index (χ0) is 21.2. The Morgan fingerprint density at radius 3 is 2.55 bits per heavy atom. The molecule has 31 heavy (non-hydrogen) atoms. The van der Waals surface area contributed by atoms with E-state index in [9.17, 15) is 0 Å². The maximum Gasteiger partial charge on any atom is 0.147 e. The molecular formula is C24H34N6S. The first-order valence-corrected chi connectivity index (χ1v) is 12.9. The van der Waals surface area contributed by atoms with E-state index < -0.39 is 0 Å². The van der Waals surface area contributed by atoms with Crippen LogP contribution < -0.4 is 10.2 Å². The molecule has 166 valence electrons. The molecule has 1 N–H and O–H groups in total. The Kier molecular flexibility index (Phi) is 6.23. The number of rotatable bonds is 7. The van der Waals surface area contributed by atoms with E-state index in [0.717, 1.165) is 73.0 Å². The van der Waals surface area contributed by atoms with Gasteiger partial charge in [0.2, 0.25) is 0 Å². The van der Waals surface area contributed by atoms with Crippen molar-refractivity contribution < 1.29 is 0 Å². The number of thiophene rings is 1. The lowest BCUT2D eigenvalue weighted by Crippen LogP contribution is -2.31. The van der Waals surface area contributed by atoms with Gasteiger partial charge >= 0.3 is 0 Å². The SMILES string of the molecule is CCN(CC)CCNc1ncnc2c1sc1nc(N3CCCCC3)c3c(c12)CCCC3. The van der Waals surface area contributed by atoms with Gasteiger partial charge < -0.3 is 15.1 Å². The first kappa shape index (κ1) is 20.9. The van der Waals surface area contributed by atoms with Gasteiger partial charge in [-0.2, -0.15) is 0 Å². The van der Waals surface area contributed by atoms with Crippen LogP contribution in [0.4, 0.5) is 11.6 Å². The van der Waals surface area contributed by atoms with Gasteiger partial charge in [-0.05, 0) is 69.2 Å². The number of anilines is 2. The van der Waals surface area contributed by atoms with E-state index in [0.29, 0.717) is 0 Å². The second-order valence-electron chi connectivity index (χ2n) is 8.78. The molecule has 1 aliphatic carbocycles. The van der Waals surface area contributed by atoms with Crippen molar-refractivity contribution in [3.63, 3.8) is 0 Å². The molecule has 7 heteroatoms. The van der Waals surface area contributed by atoms with Crippen molar-refractivity contribution in [1.29, 1.82) is 0 Å². The van der Waals surface area contributed by atoms with Crippen molar-refractivity contribution in [1.82, 2.24) is 19.9 Å². The van der Waals surface area contributed by atoms with Crippen LogP contribution in [0.25, 0.3) is 20.4 Å². The number of nitrogens with zero attached hydrogens (tertiary/aromatic N) is 5. The number of fused-ring (bicyclic) bond motifs is 5. The Morgan fingerprint density at radius 2 is 1.77 bits per heavy atom. The summed E-state index contributed by atoms with van der Waals surface area (Å²) in [4.78, 5) is 20.7. The highest BCUT2D eigenvalue weighted by atomic mass is 32.1. The standard InChI is InChI=1S/C24H34N6S/c1-3-29(4-2)15-12-25-22-21-20(26-16-27-22)19-17-10-6-7-11-18(17)23(28-24(19)31-21)30-13-8-5-9-14-30/h16H,3-15H2,1-2H3,(H,25,26,27). The van der Waals surface area contributed by atoms with Crippen molar-refractivity contribution in [3.8, 4) is 0 Å². The van der Waals surface area contributed by atoms with Gasteiger partial charge in [0.25, 0.3) is 0 Å². The van der Waals surface area contributed by atoms with Crippen LogP contribution in [0.15, 0.2) is 6.33 Å². The van der Waals surface area contributed by atoms with Crippen LogP contribution in [0.5, 0.6) is 0 Å². The predicted octanol–water partition coefficient (Wildman–Crippen LogP) is 4.86. The Morgan fingerprint density at radius 1 is 1.00 bits per heavy atom. The molecule has 5 rings (SSSR count). The van der Waals surface area contributed by atoms with Crippen molar-refractivity contribution in [2.45, 2.75) is 58.8 Å². The number of aryl methyl sites for hydroxylation is 1. The highest BCUT2D eigenvalue weighted by Gasteiger charge is 2.26. The summed E-state index contributed by atoms with van der Waals surface area (Å²) in [6.45, 7) is 10.8. The number of nitrogens with one attached hydrogen (secondary N) is 1. The van der Waals surface area contributed by atoms with Crippen LogP contribution in [0, 0.1) is 0 Å². The summed E-state index contributed by atoms with van der Waals surface area (Å²) in [5.74, 6) is 2.22. The zero-order valence-electron chi connectivity index (χ0n) is 18.9. The lowest BCUT2D eigenvalue weighted by Gasteiger charge is -2.31. The monoisotopic (exact) mass is 438 g/mol. The minimum atomic E-state index is 0.895. The van der Waals surface area contributed by atoms with E-state index in [1.54, 1.807) is 17.7 Å². The smallest absolute Gasteiger partial charge is 0.147 e. The molecule has 0 radical (unpaired) electrons. The van der Waals surface area contributed by atoms with Crippen molar-refractivity contribution in [3.05, 3.63) is 17.5 Å². The van der Waals surface area contributed by atoms with Crippen LogP contribution in [-0.2, 0) is 12.8 Å². The van der Waals surface area contributed by atoms with E-state index >= 15 is 0 Å². The Balaban J connectivity index is 1.56. The normalized spacial score (nSPS) is 16.9. The number of likely N-dealkylation sites (N-methyl/N-ethyl adjacent to an activating group) is 1. The third-order valence-corrected chi connectivity index (χ3v) is 8.05. The largest absolute Gasteiger partial charge is 0.367 e. The molecule has 1 fully saturated rings. The summed E-state index contributed by atoms with van der Waals surface area (Å²) in [5, 5.41) is 4.88. The van der Waals surface area contributed by atoms with Gasteiger partial charge in [0.1, 0.15) is 22.8 Å². The fraction of sp³-hybridized carbons (Fsp3) is 0.625. The number of aromatic nitrogens is 3. The zero-order valence-corrected chi connectivity index (χ0v) is 19.7. The average Bonchev–Trinajstić information content (AvgIpc) is 3.21. The number of hydrogen-bond donors (Lipinski definition) is 1. The van der Waals surface area contributed by atoms with Gasteiger partial charge in [0.15, 0.2) is 0 Å². The molecule has 2 aliphatic rings. The first-order chi connectivity index (χ1) is 15.3. The Bertz CT molecular complexity index is 1050. The molecule has 3 aromatic heterocycles. The highest BCUT2D eigenvalue weighted by Crippen LogP contribution is 2.42. The molecule has 0 bridgehead atoms. The number of piperidine rings is 1. The molecule has 0 unspecified atom stereocenters. The maximum absolute atomic E-state index is 5.27. The molecule has 0 atom stereocenters.